The van der Waals surface area contributed by atoms with Crippen molar-refractivity contribution in [1.82, 2.24) is 0 Å². The van der Waals surface area contributed by atoms with Crippen molar-refractivity contribution in [2.24, 2.45) is 17.0 Å². The third kappa shape index (κ3) is 8.07. The smallest absolute Gasteiger partial charge is 0.209 e. The van der Waals surface area contributed by atoms with Gasteiger partial charge in [0.25, 0.3) is 0 Å². The van der Waals surface area contributed by atoms with E-state index < -0.39 is 10.0 Å². The zero-order valence-electron chi connectivity index (χ0n) is 10.0. The van der Waals surface area contributed by atoms with Gasteiger partial charge in [0.05, 0.1) is 5.75 Å². The second-order valence-corrected chi connectivity index (χ2v) is 6.63. The molecule has 1 saturated carbocycles. The van der Waals surface area contributed by atoms with Crippen molar-refractivity contribution < 1.29 is 13.2 Å². The van der Waals surface area contributed by atoms with Crippen molar-refractivity contribution in [2.45, 2.75) is 39.0 Å². The third-order valence-corrected chi connectivity index (χ3v) is 3.82. The van der Waals surface area contributed by atoms with Crippen molar-refractivity contribution in [2.75, 3.05) is 19.0 Å². The van der Waals surface area contributed by atoms with Gasteiger partial charge in [0.15, 0.2) is 0 Å². The van der Waals surface area contributed by atoms with E-state index in [9.17, 15) is 8.42 Å². The van der Waals surface area contributed by atoms with Gasteiger partial charge in [-0.15, -0.1) is 0 Å². The standard InChI is InChI=1S/C11H23NO3S/c1-10(6-9-16(12,13)14)4-7-15-8-5-11-2-3-11/h10-11H,2-9H2,1H3,(H2,12,13,14). The van der Waals surface area contributed by atoms with Gasteiger partial charge >= 0.3 is 0 Å². The van der Waals surface area contributed by atoms with Crippen LogP contribution in [-0.2, 0) is 14.8 Å². The summed E-state index contributed by atoms with van der Waals surface area (Å²) in [7, 11) is -3.30. The zero-order chi connectivity index (χ0) is 12.0. The zero-order valence-corrected chi connectivity index (χ0v) is 10.8. The fraction of sp³-hybridized carbons (Fsp3) is 1.00. The summed E-state index contributed by atoms with van der Waals surface area (Å²) >= 11 is 0. The highest BCUT2D eigenvalue weighted by atomic mass is 32.2. The highest BCUT2D eigenvalue weighted by Gasteiger charge is 2.20. The van der Waals surface area contributed by atoms with Gasteiger partial charge in [0.2, 0.25) is 10.0 Å². The largest absolute Gasteiger partial charge is 0.381 e. The van der Waals surface area contributed by atoms with E-state index in [0.717, 1.165) is 25.6 Å². The maximum Gasteiger partial charge on any atom is 0.209 e. The van der Waals surface area contributed by atoms with Crippen LogP contribution in [-0.4, -0.2) is 27.4 Å². The maximum atomic E-state index is 10.7. The molecular weight excluding hydrogens is 226 g/mol. The minimum atomic E-state index is -3.30. The molecule has 0 amide bonds. The molecule has 0 heterocycles. The molecule has 5 heteroatoms. The van der Waals surface area contributed by atoms with Gasteiger partial charge in [-0.2, -0.15) is 0 Å². The normalized spacial score (nSPS) is 18.6. The SMILES string of the molecule is CC(CCOCCC1CC1)CCS(N)(=O)=O. The van der Waals surface area contributed by atoms with Crippen LogP contribution in [0.15, 0.2) is 0 Å². The summed E-state index contributed by atoms with van der Waals surface area (Å²) in [6.45, 7) is 3.63. The topological polar surface area (TPSA) is 69.4 Å². The molecule has 1 aliphatic carbocycles. The average Bonchev–Trinajstić information content (AvgIpc) is 2.97. The van der Waals surface area contributed by atoms with Crippen molar-refractivity contribution in [3.63, 3.8) is 0 Å². The predicted octanol–water partition coefficient (Wildman–Crippen LogP) is 1.51. The monoisotopic (exact) mass is 249 g/mol. The summed E-state index contributed by atoms with van der Waals surface area (Å²) in [6.07, 6.45) is 5.47. The summed E-state index contributed by atoms with van der Waals surface area (Å²) in [6, 6.07) is 0. The molecule has 1 fully saturated rings. The maximum absolute atomic E-state index is 10.7. The van der Waals surface area contributed by atoms with E-state index in [0.29, 0.717) is 12.3 Å². The first-order valence-electron chi connectivity index (χ1n) is 6.05. The Balaban J connectivity index is 1.90. The molecule has 0 aromatic carbocycles. The van der Waals surface area contributed by atoms with Crippen LogP contribution in [0, 0.1) is 11.8 Å². The van der Waals surface area contributed by atoms with E-state index in [1.807, 2.05) is 6.92 Å². The summed E-state index contributed by atoms with van der Waals surface area (Å²) < 4.78 is 27.0. The first-order chi connectivity index (χ1) is 7.47. The van der Waals surface area contributed by atoms with Gasteiger partial charge in [-0.25, -0.2) is 13.6 Å². The van der Waals surface area contributed by atoms with Gasteiger partial charge in [-0.05, 0) is 31.1 Å². The number of hydrogen-bond donors (Lipinski definition) is 1. The molecule has 0 radical (unpaired) electrons. The van der Waals surface area contributed by atoms with Crippen LogP contribution in [0.1, 0.15) is 39.0 Å². The Kier molecular flexibility index (Phi) is 5.72. The molecule has 0 aliphatic heterocycles. The number of nitrogens with two attached hydrogens (primary N) is 1. The third-order valence-electron chi connectivity index (χ3n) is 3.02. The van der Waals surface area contributed by atoms with E-state index in [1.165, 1.54) is 19.3 Å². The first-order valence-corrected chi connectivity index (χ1v) is 7.77. The van der Waals surface area contributed by atoms with Crippen LogP contribution in [0.3, 0.4) is 0 Å². The number of rotatable bonds is 9. The number of hydrogen-bond acceptors (Lipinski definition) is 3. The van der Waals surface area contributed by atoms with Crippen LogP contribution in [0.25, 0.3) is 0 Å². The Morgan fingerprint density at radius 3 is 2.56 bits per heavy atom. The van der Waals surface area contributed by atoms with E-state index in [2.05, 4.69) is 0 Å². The second kappa shape index (κ2) is 6.57. The highest BCUT2D eigenvalue weighted by molar-refractivity contribution is 7.89. The molecule has 96 valence electrons. The van der Waals surface area contributed by atoms with Crippen LogP contribution in [0.5, 0.6) is 0 Å². The number of ether oxygens (including phenoxy) is 1. The average molecular weight is 249 g/mol. The van der Waals surface area contributed by atoms with E-state index >= 15 is 0 Å². The minimum absolute atomic E-state index is 0.0796. The van der Waals surface area contributed by atoms with E-state index in [1.54, 1.807) is 0 Å². The quantitative estimate of drug-likeness (QED) is 0.630. The summed E-state index contributed by atoms with van der Waals surface area (Å²) in [5, 5.41) is 4.94. The first kappa shape index (κ1) is 13.9. The molecule has 0 bridgehead atoms. The lowest BCUT2D eigenvalue weighted by Crippen LogP contribution is -2.18. The molecule has 0 spiro atoms. The molecule has 1 atom stereocenters. The lowest BCUT2D eigenvalue weighted by molar-refractivity contribution is 0.116. The molecule has 4 nitrogen and oxygen atoms in total. The summed E-state index contributed by atoms with van der Waals surface area (Å²) in [4.78, 5) is 0. The Bertz CT molecular complexity index is 286. The Hall–Kier alpha value is -0.130. The highest BCUT2D eigenvalue weighted by Crippen LogP contribution is 2.32. The molecule has 0 aromatic rings. The summed E-state index contributed by atoms with van der Waals surface area (Å²) in [5.74, 6) is 1.36. The minimum Gasteiger partial charge on any atom is -0.381 e. The van der Waals surface area contributed by atoms with Crippen LogP contribution >= 0.6 is 0 Å². The number of sulfonamides is 1. The second-order valence-electron chi connectivity index (χ2n) is 4.89. The molecular formula is C11H23NO3S. The van der Waals surface area contributed by atoms with Crippen molar-refractivity contribution in [3.05, 3.63) is 0 Å². The lowest BCUT2D eigenvalue weighted by Gasteiger charge is -2.10. The van der Waals surface area contributed by atoms with E-state index in [4.69, 9.17) is 9.88 Å². The molecule has 1 aliphatic rings. The van der Waals surface area contributed by atoms with Gasteiger partial charge in [-0.3, -0.25) is 0 Å². The molecule has 16 heavy (non-hydrogen) atoms. The van der Waals surface area contributed by atoms with Crippen LogP contribution < -0.4 is 5.14 Å². The van der Waals surface area contributed by atoms with Crippen LogP contribution in [0.4, 0.5) is 0 Å². The van der Waals surface area contributed by atoms with Crippen LogP contribution in [0.2, 0.25) is 0 Å². The van der Waals surface area contributed by atoms with E-state index in [-0.39, 0.29) is 5.75 Å². The van der Waals surface area contributed by atoms with Gasteiger partial charge in [0, 0.05) is 13.2 Å². The van der Waals surface area contributed by atoms with Gasteiger partial charge in [0.1, 0.15) is 0 Å². The molecule has 0 saturated heterocycles. The molecule has 2 N–H and O–H groups in total. The van der Waals surface area contributed by atoms with Crippen molar-refractivity contribution in [3.8, 4) is 0 Å². The number of primary sulfonamides is 1. The predicted molar refractivity (Wildman–Crippen MR) is 64.5 cm³/mol. The van der Waals surface area contributed by atoms with Crippen molar-refractivity contribution >= 4 is 10.0 Å². The molecule has 0 aromatic heterocycles. The van der Waals surface area contributed by atoms with Crippen molar-refractivity contribution in [1.29, 1.82) is 0 Å². The molecule has 1 unspecified atom stereocenters. The Morgan fingerprint density at radius 1 is 1.31 bits per heavy atom. The fourth-order valence-corrected chi connectivity index (χ4v) is 2.28. The Morgan fingerprint density at radius 2 is 2.00 bits per heavy atom. The molecule has 1 rings (SSSR count). The lowest BCUT2D eigenvalue weighted by atomic mass is 10.1. The van der Waals surface area contributed by atoms with Gasteiger partial charge < -0.3 is 4.74 Å². The fourth-order valence-electron chi connectivity index (χ4n) is 1.55. The van der Waals surface area contributed by atoms with Gasteiger partial charge in [-0.1, -0.05) is 19.8 Å². The Labute approximate surface area is 98.6 Å². The summed E-state index contributed by atoms with van der Waals surface area (Å²) in [5.41, 5.74) is 0.